The third kappa shape index (κ3) is 2.86. The molecule has 22 heavy (non-hydrogen) atoms. The molecule has 3 nitrogen and oxygen atoms in total. The summed E-state index contributed by atoms with van der Waals surface area (Å²) in [5.74, 6) is -0.289. The molecule has 0 fully saturated rings. The van der Waals surface area contributed by atoms with Gasteiger partial charge < -0.3 is 9.88 Å². The van der Waals surface area contributed by atoms with Gasteiger partial charge in [0, 0.05) is 25.2 Å². The fourth-order valence-corrected chi connectivity index (χ4v) is 2.57. The minimum absolute atomic E-state index is 0.00835. The molecule has 1 aromatic heterocycles. The molecule has 1 N–H and O–H groups in total. The van der Waals surface area contributed by atoms with E-state index in [-0.39, 0.29) is 18.1 Å². The van der Waals surface area contributed by atoms with Crippen LogP contribution in [0, 0.1) is 5.82 Å². The van der Waals surface area contributed by atoms with Gasteiger partial charge in [0.15, 0.2) is 0 Å². The van der Waals surface area contributed by atoms with E-state index in [0.717, 1.165) is 16.5 Å². The summed E-state index contributed by atoms with van der Waals surface area (Å²) in [6.07, 6.45) is 1.97. The van der Waals surface area contributed by atoms with Crippen LogP contribution in [0.25, 0.3) is 10.9 Å². The number of hydrogen-bond donors (Lipinski definition) is 1. The SMILES string of the molecule is CN(Cc1ccccc1)C(=O)Cc1c[nH]c2c(F)cccc12. The van der Waals surface area contributed by atoms with Crippen LogP contribution in [0.4, 0.5) is 4.39 Å². The highest BCUT2D eigenvalue weighted by Crippen LogP contribution is 2.21. The third-order valence-corrected chi connectivity index (χ3v) is 3.78. The summed E-state index contributed by atoms with van der Waals surface area (Å²) in [5.41, 5.74) is 2.36. The Morgan fingerprint density at radius 1 is 1.14 bits per heavy atom. The van der Waals surface area contributed by atoms with Crippen LogP contribution in [0.2, 0.25) is 0 Å². The van der Waals surface area contributed by atoms with Crippen molar-refractivity contribution in [3.05, 3.63) is 71.7 Å². The molecule has 1 amide bonds. The largest absolute Gasteiger partial charge is 0.359 e. The van der Waals surface area contributed by atoms with Crippen molar-refractivity contribution < 1.29 is 9.18 Å². The zero-order chi connectivity index (χ0) is 15.5. The van der Waals surface area contributed by atoms with Crippen molar-refractivity contribution in [3.8, 4) is 0 Å². The van der Waals surface area contributed by atoms with Gasteiger partial charge in [0.1, 0.15) is 5.82 Å². The Hall–Kier alpha value is -2.62. The van der Waals surface area contributed by atoms with E-state index in [1.807, 2.05) is 36.4 Å². The number of H-pyrrole nitrogens is 1. The molecule has 0 saturated heterocycles. The van der Waals surface area contributed by atoms with Gasteiger partial charge >= 0.3 is 0 Å². The second-order valence-corrected chi connectivity index (χ2v) is 5.39. The fraction of sp³-hybridized carbons (Fsp3) is 0.167. The molecule has 0 atom stereocenters. The van der Waals surface area contributed by atoms with Crippen LogP contribution in [-0.4, -0.2) is 22.8 Å². The Morgan fingerprint density at radius 2 is 1.91 bits per heavy atom. The normalized spacial score (nSPS) is 10.8. The second-order valence-electron chi connectivity index (χ2n) is 5.39. The predicted molar refractivity (Wildman–Crippen MR) is 84.9 cm³/mol. The molecule has 0 aliphatic heterocycles. The van der Waals surface area contributed by atoms with E-state index in [1.54, 1.807) is 24.2 Å². The average molecular weight is 296 g/mol. The van der Waals surface area contributed by atoms with E-state index < -0.39 is 0 Å². The first kappa shape index (κ1) is 14.3. The van der Waals surface area contributed by atoms with Gasteiger partial charge in [-0.05, 0) is 17.2 Å². The molecule has 0 radical (unpaired) electrons. The smallest absolute Gasteiger partial charge is 0.227 e. The number of nitrogens with one attached hydrogen (secondary N) is 1. The Labute approximate surface area is 128 Å². The molecule has 0 saturated carbocycles. The van der Waals surface area contributed by atoms with Gasteiger partial charge in [-0.25, -0.2) is 4.39 Å². The quantitative estimate of drug-likeness (QED) is 0.786. The number of amides is 1. The van der Waals surface area contributed by atoms with Crippen molar-refractivity contribution in [2.75, 3.05) is 7.05 Å². The summed E-state index contributed by atoms with van der Waals surface area (Å²) in [4.78, 5) is 17.0. The summed E-state index contributed by atoms with van der Waals surface area (Å²) in [7, 11) is 1.78. The molecule has 0 aliphatic rings. The standard InChI is InChI=1S/C18H17FN2O/c1-21(12-13-6-3-2-4-7-13)17(22)10-14-11-20-18-15(14)8-5-9-16(18)19/h2-9,11,20H,10,12H2,1H3. The summed E-state index contributed by atoms with van der Waals surface area (Å²) >= 11 is 0. The van der Waals surface area contributed by atoms with Crippen LogP contribution < -0.4 is 0 Å². The van der Waals surface area contributed by atoms with E-state index in [4.69, 9.17) is 0 Å². The Morgan fingerprint density at radius 3 is 2.68 bits per heavy atom. The topological polar surface area (TPSA) is 36.1 Å². The van der Waals surface area contributed by atoms with E-state index in [0.29, 0.717) is 12.1 Å². The van der Waals surface area contributed by atoms with Crippen LogP contribution in [0.1, 0.15) is 11.1 Å². The highest BCUT2D eigenvalue weighted by atomic mass is 19.1. The summed E-state index contributed by atoms with van der Waals surface area (Å²) in [6, 6.07) is 14.7. The van der Waals surface area contributed by atoms with Gasteiger partial charge in [-0.3, -0.25) is 4.79 Å². The molecule has 112 valence electrons. The number of likely N-dealkylation sites (N-methyl/N-ethyl adjacent to an activating group) is 1. The lowest BCUT2D eigenvalue weighted by molar-refractivity contribution is -0.129. The molecule has 3 rings (SSSR count). The van der Waals surface area contributed by atoms with Crippen molar-refractivity contribution in [2.24, 2.45) is 0 Å². The number of hydrogen-bond acceptors (Lipinski definition) is 1. The maximum atomic E-state index is 13.7. The summed E-state index contributed by atoms with van der Waals surface area (Å²) < 4.78 is 13.7. The number of benzene rings is 2. The Kier molecular flexibility index (Phi) is 3.92. The van der Waals surface area contributed by atoms with Crippen molar-refractivity contribution in [1.29, 1.82) is 0 Å². The molecule has 0 spiro atoms. The molecule has 2 aromatic carbocycles. The van der Waals surface area contributed by atoms with Gasteiger partial charge in [0.05, 0.1) is 11.9 Å². The van der Waals surface area contributed by atoms with Crippen LogP contribution in [0.3, 0.4) is 0 Å². The molecule has 4 heteroatoms. The van der Waals surface area contributed by atoms with Crippen molar-refractivity contribution in [2.45, 2.75) is 13.0 Å². The first-order valence-electron chi connectivity index (χ1n) is 7.17. The molecular formula is C18H17FN2O. The van der Waals surface area contributed by atoms with E-state index in [2.05, 4.69) is 4.98 Å². The minimum atomic E-state index is -0.297. The number of carbonyl (C=O) groups excluding carboxylic acids is 1. The van der Waals surface area contributed by atoms with E-state index >= 15 is 0 Å². The number of nitrogens with zero attached hydrogens (tertiary/aromatic N) is 1. The zero-order valence-corrected chi connectivity index (χ0v) is 12.3. The van der Waals surface area contributed by atoms with Gasteiger partial charge in [-0.1, -0.05) is 42.5 Å². The first-order valence-corrected chi connectivity index (χ1v) is 7.17. The third-order valence-electron chi connectivity index (χ3n) is 3.78. The van der Waals surface area contributed by atoms with Gasteiger partial charge in [0.2, 0.25) is 5.91 Å². The molecule has 0 unspecified atom stereocenters. The van der Waals surface area contributed by atoms with Gasteiger partial charge in [0.25, 0.3) is 0 Å². The van der Waals surface area contributed by atoms with Gasteiger partial charge in [-0.15, -0.1) is 0 Å². The molecule has 0 aliphatic carbocycles. The molecular weight excluding hydrogens is 279 g/mol. The highest BCUT2D eigenvalue weighted by molar-refractivity contribution is 5.89. The molecule has 3 aromatic rings. The lowest BCUT2D eigenvalue weighted by atomic mass is 10.1. The number of para-hydroxylation sites is 1. The first-order chi connectivity index (χ1) is 10.6. The molecule has 0 bridgehead atoms. The molecule has 1 heterocycles. The number of aromatic amines is 1. The van der Waals surface area contributed by atoms with Crippen molar-refractivity contribution in [3.63, 3.8) is 0 Å². The second kappa shape index (κ2) is 6.02. The average Bonchev–Trinajstić information content (AvgIpc) is 2.93. The van der Waals surface area contributed by atoms with Crippen LogP contribution in [0.15, 0.2) is 54.7 Å². The maximum absolute atomic E-state index is 13.7. The Balaban J connectivity index is 1.74. The predicted octanol–water partition coefficient (Wildman–Crippen LogP) is 3.51. The van der Waals surface area contributed by atoms with E-state index in [1.165, 1.54) is 6.07 Å². The van der Waals surface area contributed by atoms with Crippen LogP contribution in [0.5, 0.6) is 0 Å². The fourth-order valence-electron chi connectivity index (χ4n) is 2.57. The highest BCUT2D eigenvalue weighted by Gasteiger charge is 2.14. The number of fused-ring (bicyclic) bond motifs is 1. The monoisotopic (exact) mass is 296 g/mol. The van der Waals surface area contributed by atoms with Gasteiger partial charge in [-0.2, -0.15) is 0 Å². The lowest BCUT2D eigenvalue weighted by Gasteiger charge is -2.17. The number of aromatic nitrogens is 1. The zero-order valence-electron chi connectivity index (χ0n) is 12.3. The number of rotatable bonds is 4. The van der Waals surface area contributed by atoms with Crippen molar-refractivity contribution in [1.82, 2.24) is 9.88 Å². The summed E-state index contributed by atoms with van der Waals surface area (Å²) in [5, 5.41) is 0.765. The van der Waals surface area contributed by atoms with Crippen molar-refractivity contribution >= 4 is 16.8 Å². The summed E-state index contributed by atoms with van der Waals surface area (Å²) in [6.45, 7) is 0.566. The number of halogens is 1. The van der Waals surface area contributed by atoms with E-state index in [9.17, 15) is 9.18 Å². The number of carbonyl (C=O) groups is 1. The lowest BCUT2D eigenvalue weighted by Crippen LogP contribution is -2.27. The maximum Gasteiger partial charge on any atom is 0.227 e. The minimum Gasteiger partial charge on any atom is -0.359 e. The van der Waals surface area contributed by atoms with Crippen LogP contribution in [-0.2, 0) is 17.8 Å². The van der Waals surface area contributed by atoms with Crippen LogP contribution >= 0.6 is 0 Å². The Bertz CT molecular complexity index is 795.